The largest absolute Gasteiger partial charge is 0.469 e. The predicted molar refractivity (Wildman–Crippen MR) is 47.6 cm³/mol. The zero-order valence-electron chi connectivity index (χ0n) is 6.70. The zero-order chi connectivity index (χ0) is 9.84. The molecule has 0 atom stereocenters. The van der Waals surface area contributed by atoms with Crippen LogP contribution in [-0.4, -0.2) is 18.1 Å². The topological polar surface area (TPSA) is 63.0 Å². The highest BCUT2D eigenvalue weighted by Crippen LogP contribution is 2.22. The number of thiazole rings is 1. The molecule has 0 bridgehead atoms. The molecule has 0 radical (unpaired) electrons. The molecule has 0 N–H and O–H groups in total. The molecule has 0 unspecified atom stereocenters. The lowest BCUT2D eigenvalue weighted by molar-refractivity contribution is -0.139. The smallest absolute Gasteiger partial charge is 0.312 e. The van der Waals surface area contributed by atoms with Gasteiger partial charge in [0.15, 0.2) is 5.15 Å². The summed E-state index contributed by atoms with van der Waals surface area (Å²) in [5.41, 5.74) is 0. The Hall–Kier alpha value is -1.12. The van der Waals surface area contributed by atoms with E-state index in [0.29, 0.717) is 9.88 Å². The summed E-state index contributed by atoms with van der Waals surface area (Å²) in [6.07, 6.45) is 0.0581. The molecule has 0 saturated carbocycles. The van der Waals surface area contributed by atoms with Crippen molar-refractivity contribution in [1.29, 1.82) is 5.26 Å². The van der Waals surface area contributed by atoms with Crippen LogP contribution in [0.5, 0.6) is 0 Å². The first kappa shape index (κ1) is 9.96. The SMILES string of the molecule is COC(=O)Cc1nc(Cl)c(C#N)s1. The van der Waals surface area contributed by atoms with E-state index in [4.69, 9.17) is 16.9 Å². The van der Waals surface area contributed by atoms with E-state index < -0.39 is 5.97 Å². The zero-order valence-corrected chi connectivity index (χ0v) is 8.28. The number of carbonyl (C=O) groups excluding carboxylic acids is 1. The van der Waals surface area contributed by atoms with Crippen molar-refractivity contribution in [3.8, 4) is 6.07 Å². The van der Waals surface area contributed by atoms with Gasteiger partial charge in [-0.2, -0.15) is 5.26 Å². The van der Waals surface area contributed by atoms with Crippen LogP contribution in [0.1, 0.15) is 9.88 Å². The van der Waals surface area contributed by atoms with Crippen LogP contribution in [-0.2, 0) is 16.0 Å². The fourth-order valence-electron chi connectivity index (χ4n) is 0.683. The molecule has 0 aliphatic rings. The van der Waals surface area contributed by atoms with Gasteiger partial charge in [0, 0.05) is 0 Å². The van der Waals surface area contributed by atoms with Crippen molar-refractivity contribution >= 4 is 28.9 Å². The highest BCUT2D eigenvalue weighted by molar-refractivity contribution is 7.12. The maximum Gasteiger partial charge on any atom is 0.312 e. The number of nitrogens with zero attached hydrogens (tertiary/aromatic N) is 2. The molecule has 0 aliphatic heterocycles. The van der Waals surface area contributed by atoms with Crippen LogP contribution in [0.3, 0.4) is 0 Å². The first-order valence-corrected chi connectivity index (χ1v) is 4.49. The molecule has 0 amide bonds. The van der Waals surface area contributed by atoms with E-state index in [1.807, 2.05) is 6.07 Å². The van der Waals surface area contributed by atoms with Gasteiger partial charge in [0.2, 0.25) is 0 Å². The highest BCUT2D eigenvalue weighted by atomic mass is 35.5. The van der Waals surface area contributed by atoms with Crippen molar-refractivity contribution < 1.29 is 9.53 Å². The molecule has 1 rings (SSSR count). The molecule has 6 heteroatoms. The lowest BCUT2D eigenvalue weighted by Crippen LogP contribution is -2.03. The van der Waals surface area contributed by atoms with Crippen LogP contribution in [0.15, 0.2) is 0 Å². The summed E-state index contributed by atoms with van der Waals surface area (Å²) >= 11 is 6.69. The van der Waals surface area contributed by atoms with Gasteiger partial charge in [0.25, 0.3) is 0 Å². The minimum atomic E-state index is -0.394. The molecule has 0 fully saturated rings. The summed E-state index contributed by atoms with van der Waals surface area (Å²) in [4.78, 5) is 15.0. The summed E-state index contributed by atoms with van der Waals surface area (Å²) in [5, 5.41) is 9.18. The summed E-state index contributed by atoms with van der Waals surface area (Å²) in [6, 6.07) is 1.88. The second-order valence-electron chi connectivity index (χ2n) is 2.09. The highest BCUT2D eigenvalue weighted by Gasteiger charge is 2.11. The Kier molecular flexibility index (Phi) is 3.23. The van der Waals surface area contributed by atoms with Crippen molar-refractivity contribution in [1.82, 2.24) is 4.98 Å². The Morgan fingerprint density at radius 2 is 2.54 bits per heavy atom. The molecule has 1 aromatic heterocycles. The summed E-state index contributed by atoms with van der Waals surface area (Å²) in [6.45, 7) is 0. The standard InChI is InChI=1S/C7H5ClN2O2S/c1-12-6(11)2-5-10-7(8)4(3-9)13-5/h2H2,1H3. The maximum absolute atomic E-state index is 10.8. The van der Waals surface area contributed by atoms with E-state index in [2.05, 4.69) is 9.72 Å². The number of rotatable bonds is 2. The molecule has 68 valence electrons. The van der Waals surface area contributed by atoms with E-state index in [0.717, 1.165) is 11.3 Å². The number of esters is 1. The lowest BCUT2D eigenvalue weighted by atomic mass is 10.5. The van der Waals surface area contributed by atoms with E-state index in [9.17, 15) is 4.79 Å². The van der Waals surface area contributed by atoms with Crippen molar-refractivity contribution in [2.24, 2.45) is 0 Å². The molecule has 0 aromatic carbocycles. The number of aromatic nitrogens is 1. The molecule has 0 aliphatic carbocycles. The van der Waals surface area contributed by atoms with Crippen LogP contribution in [0.25, 0.3) is 0 Å². The Balaban J connectivity index is 2.81. The Morgan fingerprint density at radius 3 is 3.00 bits per heavy atom. The summed E-state index contributed by atoms with van der Waals surface area (Å²) in [5.74, 6) is -0.394. The van der Waals surface area contributed by atoms with Crippen molar-refractivity contribution in [3.05, 3.63) is 15.0 Å². The fourth-order valence-corrected chi connectivity index (χ4v) is 1.73. The van der Waals surface area contributed by atoms with E-state index in [1.54, 1.807) is 0 Å². The van der Waals surface area contributed by atoms with Crippen molar-refractivity contribution in [3.63, 3.8) is 0 Å². The van der Waals surface area contributed by atoms with Crippen LogP contribution < -0.4 is 0 Å². The van der Waals surface area contributed by atoms with Crippen LogP contribution in [0.2, 0.25) is 5.15 Å². The second-order valence-corrected chi connectivity index (χ2v) is 3.53. The number of ether oxygens (including phenoxy) is 1. The van der Waals surface area contributed by atoms with Crippen LogP contribution in [0.4, 0.5) is 0 Å². The monoisotopic (exact) mass is 216 g/mol. The van der Waals surface area contributed by atoms with Gasteiger partial charge in [0.05, 0.1) is 13.5 Å². The van der Waals surface area contributed by atoms with Gasteiger partial charge in [-0.05, 0) is 0 Å². The lowest BCUT2D eigenvalue weighted by Gasteiger charge is -1.92. The number of methoxy groups -OCH3 is 1. The van der Waals surface area contributed by atoms with Gasteiger partial charge in [-0.1, -0.05) is 11.6 Å². The number of hydrogen-bond donors (Lipinski definition) is 0. The van der Waals surface area contributed by atoms with Crippen LogP contribution in [0, 0.1) is 11.3 Å². The van der Waals surface area contributed by atoms with Gasteiger partial charge in [-0.25, -0.2) is 4.98 Å². The summed E-state index contributed by atoms with van der Waals surface area (Å²) in [7, 11) is 1.29. The van der Waals surface area contributed by atoms with E-state index in [1.165, 1.54) is 7.11 Å². The average Bonchev–Trinajstić information content (AvgIpc) is 2.46. The molecule has 0 saturated heterocycles. The number of carbonyl (C=O) groups is 1. The van der Waals surface area contributed by atoms with Gasteiger partial charge < -0.3 is 4.74 Å². The molecule has 1 aromatic rings. The second kappa shape index (κ2) is 4.21. The third-order valence-corrected chi connectivity index (χ3v) is 2.60. The van der Waals surface area contributed by atoms with Gasteiger partial charge in [-0.15, -0.1) is 11.3 Å². The number of hydrogen-bond acceptors (Lipinski definition) is 5. The molecule has 1 heterocycles. The maximum atomic E-state index is 10.8. The Bertz CT molecular complexity index is 369. The summed E-state index contributed by atoms with van der Waals surface area (Å²) < 4.78 is 4.44. The first-order valence-electron chi connectivity index (χ1n) is 3.29. The molecule has 0 spiro atoms. The minimum absolute atomic E-state index is 0.0581. The Morgan fingerprint density at radius 1 is 1.85 bits per heavy atom. The third-order valence-electron chi connectivity index (χ3n) is 1.25. The average molecular weight is 217 g/mol. The Labute approximate surface area is 83.7 Å². The predicted octanol–water partition coefficient (Wildman–Crippen LogP) is 1.38. The van der Waals surface area contributed by atoms with Crippen molar-refractivity contribution in [2.75, 3.05) is 7.11 Å². The normalized spacial score (nSPS) is 9.31. The number of halogens is 1. The van der Waals surface area contributed by atoms with Crippen LogP contribution >= 0.6 is 22.9 Å². The van der Waals surface area contributed by atoms with Gasteiger partial charge in [-0.3, -0.25) is 4.79 Å². The molecular formula is C7H5ClN2O2S. The first-order chi connectivity index (χ1) is 6.17. The molecule has 13 heavy (non-hydrogen) atoms. The van der Waals surface area contributed by atoms with Crippen molar-refractivity contribution in [2.45, 2.75) is 6.42 Å². The fraction of sp³-hybridized carbons (Fsp3) is 0.286. The third kappa shape index (κ3) is 2.41. The molecular weight excluding hydrogens is 212 g/mol. The number of nitriles is 1. The molecule has 4 nitrogen and oxygen atoms in total. The van der Waals surface area contributed by atoms with E-state index >= 15 is 0 Å². The van der Waals surface area contributed by atoms with Gasteiger partial charge >= 0.3 is 5.97 Å². The minimum Gasteiger partial charge on any atom is -0.469 e. The van der Waals surface area contributed by atoms with E-state index in [-0.39, 0.29) is 11.6 Å². The quantitative estimate of drug-likeness (QED) is 0.701. The van der Waals surface area contributed by atoms with Gasteiger partial charge in [0.1, 0.15) is 16.0 Å².